The number of piperazine rings is 1. The fourth-order valence-corrected chi connectivity index (χ4v) is 4.38. The fraction of sp³-hybridized carbons (Fsp3) is 0.600. The highest BCUT2D eigenvalue weighted by molar-refractivity contribution is 7.89. The van der Waals surface area contributed by atoms with E-state index in [9.17, 15) is 8.42 Å². The highest BCUT2D eigenvalue weighted by atomic mass is 32.2. The number of hydrogen-bond donors (Lipinski definition) is 1. The number of nitrogens with one attached hydrogen (secondary N) is 1. The Morgan fingerprint density at radius 1 is 1.24 bits per heavy atom. The standard InChI is InChI=1S/C15H24N2O3S/c1-4-12-11-17(13(5-2)10-16-12)21(18,19)15-8-6-14(20-3)7-9-15/h6-9,12-13,16H,4-5,10-11H2,1-3H3. The number of benzene rings is 1. The Hall–Kier alpha value is -1.11. The molecule has 1 aliphatic heterocycles. The Balaban J connectivity index is 2.30. The normalized spacial score (nSPS) is 24.0. The van der Waals surface area contributed by atoms with Crippen molar-refractivity contribution in [3.05, 3.63) is 24.3 Å². The third kappa shape index (κ3) is 3.39. The zero-order valence-electron chi connectivity index (χ0n) is 12.9. The van der Waals surface area contributed by atoms with Crippen LogP contribution in [0.15, 0.2) is 29.2 Å². The molecule has 1 aliphatic rings. The van der Waals surface area contributed by atoms with Crippen LogP contribution >= 0.6 is 0 Å². The zero-order valence-corrected chi connectivity index (χ0v) is 13.7. The third-order valence-electron chi connectivity index (χ3n) is 4.08. The Morgan fingerprint density at radius 3 is 2.43 bits per heavy atom. The summed E-state index contributed by atoms with van der Waals surface area (Å²) in [6.07, 6.45) is 1.73. The van der Waals surface area contributed by atoms with Gasteiger partial charge in [0.2, 0.25) is 10.0 Å². The third-order valence-corrected chi connectivity index (χ3v) is 6.01. The van der Waals surface area contributed by atoms with Crippen LogP contribution in [0, 0.1) is 0 Å². The fourth-order valence-electron chi connectivity index (χ4n) is 2.63. The van der Waals surface area contributed by atoms with E-state index in [1.807, 2.05) is 6.92 Å². The van der Waals surface area contributed by atoms with Crippen molar-refractivity contribution in [2.24, 2.45) is 0 Å². The summed E-state index contributed by atoms with van der Waals surface area (Å²) in [5.41, 5.74) is 0. The number of sulfonamides is 1. The average Bonchev–Trinajstić information content (AvgIpc) is 2.54. The lowest BCUT2D eigenvalue weighted by Crippen LogP contribution is -2.57. The summed E-state index contributed by atoms with van der Waals surface area (Å²) >= 11 is 0. The maximum absolute atomic E-state index is 12.9. The van der Waals surface area contributed by atoms with Crippen molar-refractivity contribution in [1.82, 2.24) is 9.62 Å². The van der Waals surface area contributed by atoms with Gasteiger partial charge in [0.05, 0.1) is 12.0 Å². The molecule has 2 atom stereocenters. The molecular weight excluding hydrogens is 288 g/mol. The van der Waals surface area contributed by atoms with E-state index in [0.717, 1.165) is 12.8 Å². The van der Waals surface area contributed by atoms with Crippen molar-refractivity contribution in [3.8, 4) is 5.75 Å². The van der Waals surface area contributed by atoms with Crippen LogP contribution in [-0.4, -0.2) is 45.0 Å². The van der Waals surface area contributed by atoms with Crippen LogP contribution in [0.25, 0.3) is 0 Å². The Bertz CT molecular complexity index is 557. The molecular formula is C15H24N2O3S. The summed E-state index contributed by atoms with van der Waals surface area (Å²) in [7, 11) is -1.89. The van der Waals surface area contributed by atoms with Gasteiger partial charge < -0.3 is 10.1 Å². The summed E-state index contributed by atoms with van der Waals surface area (Å²) in [4.78, 5) is 0.332. The van der Waals surface area contributed by atoms with Gasteiger partial charge in [0, 0.05) is 25.2 Å². The van der Waals surface area contributed by atoms with Crippen LogP contribution in [-0.2, 0) is 10.0 Å². The first-order valence-corrected chi connectivity index (χ1v) is 8.86. The number of hydrogen-bond acceptors (Lipinski definition) is 4. The number of methoxy groups -OCH3 is 1. The predicted octanol–water partition coefficient (Wildman–Crippen LogP) is 1.85. The summed E-state index contributed by atoms with van der Waals surface area (Å²) < 4.78 is 32.5. The Morgan fingerprint density at radius 2 is 1.90 bits per heavy atom. The average molecular weight is 312 g/mol. The van der Waals surface area contributed by atoms with E-state index in [4.69, 9.17) is 4.74 Å². The van der Waals surface area contributed by atoms with Gasteiger partial charge in [-0.25, -0.2) is 8.42 Å². The molecule has 118 valence electrons. The molecule has 0 saturated carbocycles. The Kier molecular flexibility index (Phi) is 5.24. The van der Waals surface area contributed by atoms with Crippen LogP contribution in [0.3, 0.4) is 0 Å². The Labute approximate surface area is 127 Å². The zero-order chi connectivity index (χ0) is 15.5. The first-order valence-electron chi connectivity index (χ1n) is 7.42. The van der Waals surface area contributed by atoms with Crippen molar-refractivity contribution < 1.29 is 13.2 Å². The minimum absolute atomic E-state index is 0.0138. The summed E-state index contributed by atoms with van der Waals surface area (Å²) in [5.74, 6) is 0.660. The minimum atomic E-state index is -3.45. The monoisotopic (exact) mass is 312 g/mol. The van der Waals surface area contributed by atoms with Crippen LogP contribution in [0.5, 0.6) is 5.75 Å². The number of nitrogens with zero attached hydrogens (tertiary/aromatic N) is 1. The number of rotatable bonds is 5. The van der Waals surface area contributed by atoms with Crippen LogP contribution in [0.2, 0.25) is 0 Å². The van der Waals surface area contributed by atoms with Gasteiger partial charge in [-0.15, -0.1) is 0 Å². The molecule has 1 aromatic carbocycles. The van der Waals surface area contributed by atoms with E-state index in [-0.39, 0.29) is 12.1 Å². The van der Waals surface area contributed by atoms with E-state index in [2.05, 4.69) is 12.2 Å². The van der Waals surface area contributed by atoms with Gasteiger partial charge in [-0.1, -0.05) is 13.8 Å². The second kappa shape index (κ2) is 6.77. The number of ether oxygens (including phenoxy) is 1. The lowest BCUT2D eigenvalue weighted by atomic mass is 10.1. The van der Waals surface area contributed by atoms with Crippen LogP contribution < -0.4 is 10.1 Å². The quantitative estimate of drug-likeness (QED) is 0.901. The molecule has 5 nitrogen and oxygen atoms in total. The minimum Gasteiger partial charge on any atom is -0.497 e. The van der Waals surface area contributed by atoms with Gasteiger partial charge in [-0.05, 0) is 37.1 Å². The van der Waals surface area contributed by atoms with Crippen molar-refractivity contribution in [1.29, 1.82) is 0 Å². The van der Waals surface area contributed by atoms with Gasteiger partial charge in [0.25, 0.3) is 0 Å². The molecule has 0 aliphatic carbocycles. The smallest absolute Gasteiger partial charge is 0.243 e. The molecule has 1 fully saturated rings. The van der Waals surface area contributed by atoms with E-state index in [1.54, 1.807) is 35.7 Å². The van der Waals surface area contributed by atoms with E-state index >= 15 is 0 Å². The lowest BCUT2D eigenvalue weighted by molar-refractivity contribution is 0.215. The summed E-state index contributed by atoms with van der Waals surface area (Å²) in [6.45, 7) is 5.34. The maximum atomic E-state index is 12.9. The highest BCUT2D eigenvalue weighted by Gasteiger charge is 2.35. The van der Waals surface area contributed by atoms with Crippen molar-refractivity contribution in [2.75, 3.05) is 20.2 Å². The van der Waals surface area contributed by atoms with Crippen LogP contribution in [0.1, 0.15) is 26.7 Å². The van der Waals surface area contributed by atoms with Gasteiger partial charge in [-0.3, -0.25) is 0 Å². The molecule has 1 saturated heterocycles. The second-order valence-corrected chi connectivity index (χ2v) is 7.22. The van der Waals surface area contributed by atoms with E-state index < -0.39 is 10.0 Å². The lowest BCUT2D eigenvalue weighted by Gasteiger charge is -2.38. The highest BCUT2D eigenvalue weighted by Crippen LogP contribution is 2.24. The molecule has 0 amide bonds. The first kappa shape index (κ1) is 16.3. The second-order valence-electron chi connectivity index (χ2n) is 5.33. The summed E-state index contributed by atoms with van der Waals surface area (Å²) in [6, 6.07) is 6.84. The molecule has 0 bridgehead atoms. The van der Waals surface area contributed by atoms with Crippen molar-refractivity contribution in [3.63, 3.8) is 0 Å². The SMILES string of the molecule is CCC1CN(S(=O)(=O)c2ccc(OC)cc2)C(CC)CN1. The van der Waals surface area contributed by atoms with Gasteiger partial charge in [0.15, 0.2) is 0 Å². The molecule has 6 heteroatoms. The largest absolute Gasteiger partial charge is 0.497 e. The summed E-state index contributed by atoms with van der Waals surface area (Å²) in [5, 5.41) is 3.42. The maximum Gasteiger partial charge on any atom is 0.243 e. The van der Waals surface area contributed by atoms with E-state index in [1.165, 1.54) is 0 Å². The molecule has 1 N–H and O–H groups in total. The van der Waals surface area contributed by atoms with E-state index in [0.29, 0.717) is 23.7 Å². The first-order chi connectivity index (χ1) is 10.0. The molecule has 1 aromatic rings. The molecule has 2 unspecified atom stereocenters. The predicted molar refractivity (Wildman–Crippen MR) is 83.0 cm³/mol. The molecule has 0 spiro atoms. The topological polar surface area (TPSA) is 58.6 Å². The van der Waals surface area contributed by atoms with Crippen molar-refractivity contribution >= 4 is 10.0 Å². The van der Waals surface area contributed by atoms with Gasteiger partial charge in [-0.2, -0.15) is 4.31 Å². The molecule has 0 aromatic heterocycles. The van der Waals surface area contributed by atoms with Gasteiger partial charge in [0.1, 0.15) is 5.75 Å². The molecule has 2 rings (SSSR count). The molecule has 1 heterocycles. The van der Waals surface area contributed by atoms with Crippen LogP contribution in [0.4, 0.5) is 0 Å². The van der Waals surface area contributed by atoms with Gasteiger partial charge >= 0.3 is 0 Å². The van der Waals surface area contributed by atoms with Crippen molar-refractivity contribution in [2.45, 2.75) is 43.7 Å². The molecule has 21 heavy (non-hydrogen) atoms. The molecule has 0 radical (unpaired) electrons.